The summed E-state index contributed by atoms with van der Waals surface area (Å²) in [5.41, 5.74) is 8.86. The van der Waals surface area contributed by atoms with Crippen molar-refractivity contribution in [3.05, 3.63) is 34.9 Å². The lowest BCUT2D eigenvalue weighted by molar-refractivity contribution is -0.0525. The van der Waals surface area contributed by atoms with E-state index in [1.807, 2.05) is 0 Å². The molecular formula is C22H24F2N10O10P2S2. The van der Waals surface area contributed by atoms with Crippen LogP contribution in [0, 0.1) is 5.41 Å². The van der Waals surface area contributed by atoms with E-state index in [1.165, 1.54) is 15.3 Å². The molecule has 0 aromatic carbocycles. The normalized spacial score (nSPS) is 39.6. The Hall–Kier alpha value is -2.70. The molecular weight excluding hydrogens is 728 g/mol. The highest BCUT2D eigenvalue weighted by Gasteiger charge is 2.83. The predicted molar refractivity (Wildman–Crippen MR) is 162 cm³/mol. The van der Waals surface area contributed by atoms with Crippen LogP contribution in [0.15, 0.2) is 23.6 Å². The Morgan fingerprint density at radius 2 is 1.79 bits per heavy atom. The van der Waals surface area contributed by atoms with Gasteiger partial charge in [0.1, 0.15) is 36.8 Å². The van der Waals surface area contributed by atoms with E-state index in [-0.39, 0.29) is 34.3 Å². The molecule has 3 aliphatic heterocycles. The fraction of sp³-hybridized carbons (Fsp3) is 0.545. The lowest BCUT2D eigenvalue weighted by Gasteiger charge is -2.28. The van der Waals surface area contributed by atoms with Crippen LogP contribution in [0.2, 0.25) is 0 Å². The second kappa shape index (κ2) is 10.9. The molecule has 258 valence electrons. The van der Waals surface area contributed by atoms with E-state index >= 15 is 8.78 Å². The van der Waals surface area contributed by atoms with Gasteiger partial charge in [-0.1, -0.05) is 0 Å². The van der Waals surface area contributed by atoms with E-state index in [9.17, 15) is 19.7 Å². The van der Waals surface area contributed by atoms with Crippen LogP contribution in [0.25, 0.3) is 16.8 Å². The molecule has 4 aromatic rings. The molecule has 2 bridgehead atoms. The highest BCUT2D eigenvalue weighted by molar-refractivity contribution is 8.07. The van der Waals surface area contributed by atoms with Crippen molar-refractivity contribution < 1.29 is 51.2 Å². The predicted octanol–water partition coefficient (Wildman–Crippen LogP) is -0.604. The molecule has 0 amide bonds. The number of nitrogens with one attached hydrogen (secondary N) is 1. The van der Waals surface area contributed by atoms with Crippen LogP contribution in [0.1, 0.15) is 24.4 Å². The van der Waals surface area contributed by atoms with Crippen molar-refractivity contribution in [1.82, 2.24) is 39.1 Å². The number of H-pyrrole nitrogens is 1. The molecule has 26 heteroatoms. The van der Waals surface area contributed by atoms with E-state index in [2.05, 4.69) is 30.0 Å². The molecule has 1 saturated carbocycles. The number of nitrogens with two attached hydrogens (primary N) is 2. The molecule has 1 aliphatic carbocycles. The molecule has 0 radical (unpaired) electrons. The summed E-state index contributed by atoms with van der Waals surface area (Å²) in [6.07, 6.45) is -7.61. The molecule has 10 atom stereocenters. The number of aromatic nitrogens is 8. The molecule has 2 unspecified atom stereocenters. The lowest BCUT2D eigenvalue weighted by atomic mass is 9.91. The Morgan fingerprint density at radius 3 is 2.54 bits per heavy atom. The molecule has 4 aliphatic rings. The molecule has 3 saturated heterocycles. The third-order valence-electron chi connectivity index (χ3n) is 8.71. The summed E-state index contributed by atoms with van der Waals surface area (Å²) in [4.78, 5) is 53.1. The zero-order valence-corrected chi connectivity index (χ0v) is 27.3. The summed E-state index contributed by atoms with van der Waals surface area (Å²) in [7, 11) is 0. The Morgan fingerprint density at radius 1 is 1.06 bits per heavy atom. The van der Waals surface area contributed by atoms with Crippen LogP contribution in [0.5, 0.6) is 0 Å². The van der Waals surface area contributed by atoms with Gasteiger partial charge in [0.2, 0.25) is 5.95 Å². The third kappa shape index (κ3) is 5.01. The largest absolute Gasteiger partial charge is 0.386 e. The van der Waals surface area contributed by atoms with Crippen molar-refractivity contribution in [2.24, 2.45) is 5.41 Å². The summed E-state index contributed by atoms with van der Waals surface area (Å²) in [5.74, 6) is -3.65. The molecule has 7 heterocycles. The number of aliphatic hydroxyl groups is 1. The van der Waals surface area contributed by atoms with Crippen molar-refractivity contribution in [2.75, 3.05) is 24.7 Å². The van der Waals surface area contributed by atoms with E-state index in [0.29, 0.717) is 0 Å². The summed E-state index contributed by atoms with van der Waals surface area (Å²) in [5, 5.41) is 15.4. The zero-order chi connectivity index (χ0) is 34.0. The lowest BCUT2D eigenvalue weighted by Crippen LogP contribution is -2.36. The first-order chi connectivity index (χ1) is 22.6. The maximum absolute atomic E-state index is 15.4. The number of hydrogen-bond donors (Lipinski definition) is 6. The number of hydrogen-bond acceptors (Lipinski definition) is 17. The molecule has 4 fully saturated rings. The minimum Gasteiger partial charge on any atom is -0.386 e. The van der Waals surface area contributed by atoms with Gasteiger partial charge >= 0.3 is 13.4 Å². The van der Waals surface area contributed by atoms with Crippen LogP contribution in [0.4, 0.5) is 20.5 Å². The number of aliphatic hydroxyl groups excluding tert-OH is 1. The number of rotatable bonds is 2. The minimum atomic E-state index is -4.44. The molecule has 8 N–H and O–H groups in total. The van der Waals surface area contributed by atoms with E-state index in [1.54, 1.807) is 0 Å². The number of nitrogens with zero attached hydrogens (tertiary/aromatic N) is 7. The van der Waals surface area contributed by atoms with Crippen LogP contribution in [-0.4, -0.2) is 104 Å². The summed E-state index contributed by atoms with van der Waals surface area (Å²) in [6, 6.07) is 0. The maximum atomic E-state index is 15.4. The van der Waals surface area contributed by atoms with Crippen LogP contribution in [0.3, 0.4) is 0 Å². The summed E-state index contributed by atoms with van der Waals surface area (Å²) in [6.45, 7) is -10.2. The summed E-state index contributed by atoms with van der Waals surface area (Å²) >= 11 is 10.5. The number of fused-ring (bicyclic) bond motifs is 3. The van der Waals surface area contributed by atoms with Crippen LogP contribution < -0.4 is 17.0 Å². The van der Waals surface area contributed by atoms with Crippen molar-refractivity contribution in [2.45, 2.75) is 55.2 Å². The average Bonchev–Trinajstić information content (AvgIpc) is 3.49. The molecule has 20 nitrogen and oxygen atoms in total. The Labute approximate surface area is 275 Å². The van der Waals surface area contributed by atoms with E-state index < -0.39 is 92.8 Å². The SMILES string of the molecule is Nc1nc2c(ncn2[C@@H]2O[C@@H]3COP(O)(=S)O[C@H]4[C@H](c5cnc6c(N)ncnn56)O[C@H](COP(O)(=S)O[C@H]3[C@H]2O)[C@@]42CC2(F)F)c(=O)[nH]1. The maximum Gasteiger partial charge on any atom is 0.325 e. The number of ether oxygens (including phenoxy) is 2. The highest BCUT2D eigenvalue weighted by atomic mass is 32.5. The second-order valence-electron chi connectivity index (χ2n) is 11.5. The van der Waals surface area contributed by atoms with Gasteiger partial charge in [0.25, 0.3) is 11.5 Å². The van der Waals surface area contributed by atoms with Gasteiger partial charge in [-0.25, -0.2) is 28.2 Å². The van der Waals surface area contributed by atoms with Gasteiger partial charge in [-0.05, 0) is 23.6 Å². The van der Waals surface area contributed by atoms with Gasteiger partial charge in [0.05, 0.1) is 43.0 Å². The van der Waals surface area contributed by atoms with Gasteiger partial charge in [-0.3, -0.25) is 18.9 Å². The Bertz CT molecular complexity index is 2120. The van der Waals surface area contributed by atoms with E-state index in [0.717, 1.165) is 12.7 Å². The molecule has 1 spiro atoms. The van der Waals surface area contributed by atoms with Crippen molar-refractivity contribution in [3.63, 3.8) is 0 Å². The van der Waals surface area contributed by atoms with Gasteiger partial charge in [-0.2, -0.15) is 10.1 Å². The zero-order valence-electron chi connectivity index (χ0n) is 23.8. The third-order valence-corrected chi connectivity index (χ3v) is 11.8. The number of anilines is 2. The number of halogens is 2. The van der Waals surface area contributed by atoms with Crippen molar-refractivity contribution in [3.8, 4) is 0 Å². The van der Waals surface area contributed by atoms with E-state index in [4.69, 9.17) is 62.6 Å². The standard InChI is InChI=1S/C22H24F2N10O10P2S2/c23-22(24)4-21(22)9-3-40-45(37,47)43-13-8(41-19(11(13)35)33-6-29-10-16(33)31-20(26)32-18(10)36)2-39-46(38,48)44-14(21)12(42-9)7-1-27-17-15(25)28-5-30-34(7)17/h1,5-6,8-9,11-14,19,35H,2-4H2,(H,37,47)(H,38,48)(H2,25,28,30)(H3,26,31,32,36)/t8-,9-,11-,12+,13-,14+,19-,21+,45?,46?/m1/s1. The smallest absolute Gasteiger partial charge is 0.325 e. The Balaban J connectivity index is 1.15. The average molecular weight is 753 g/mol. The quantitative estimate of drug-likeness (QED) is 0.139. The first-order valence-corrected chi connectivity index (χ1v) is 19.1. The monoisotopic (exact) mass is 752 g/mol. The fourth-order valence-corrected chi connectivity index (χ4v) is 9.32. The highest BCUT2D eigenvalue weighted by Crippen LogP contribution is 2.73. The van der Waals surface area contributed by atoms with Crippen molar-refractivity contribution in [1.29, 1.82) is 0 Å². The van der Waals surface area contributed by atoms with Gasteiger partial charge < -0.3 is 49.4 Å². The van der Waals surface area contributed by atoms with Gasteiger partial charge in [0.15, 0.2) is 28.9 Å². The Kier molecular flexibility index (Phi) is 7.38. The van der Waals surface area contributed by atoms with Crippen molar-refractivity contribution >= 4 is 65.6 Å². The molecule has 48 heavy (non-hydrogen) atoms. The van der Waals surface area contributed by atoms with Gasteiger partial charge in [0, 0.05) is 6.42 Å². The van der Waals surface area contributed by atoms with Crippen LogP contribution >= 0.6 is 13.4 Å². The fourth-order valence-electron chi connectivity index (χ4n) is 6.44. The first-order valence-electron chi connectivity index (χ1n) is 14.0. The summed E-state index contributed by atoms with van der Waals surface area (Å²) < 4.78 is 68.0. The second-order valence-corrected chi connectivity index (χ2v) is 17.1. The molecule has 8 rings (SSSR count). The first kappa shape index (κ1) is 32.5. The minimum absolute atomic E-state index is 0.00437. The molecule has 4 aromatic heterocycles. The van der Waals surface area contributed by atoms with Crippen LogP contribution in [-0.2, 0) is 51.2 Å². The number of imidazole rings is 2. The number of aromatic amines is 1. The van der Waals surface area contributed by atoms with Gasteiger partial charge in [-0.15, -0.1) is 0 Å². The topological polar surface area (TPSA) is 275 Å². The number of alkyl halides is 2. The number of nitrogen functional groups attached to an aromatic ring is 2.